The number of amides is 1. The summed E-state index contributed by atoms with van der Waals surface area (Å²) in [6, 6.07) is 2.72. The average Bonchev–Trinajstić information content (AvgIpc) is 2.36. The van der Waals surface area contributed by atoms with Crippen molar-refractivity contribution >= 4 is 5.91 Å². The number of benzene rings is 1. The number of halogens is 2. The Bertz CT molecular complexity index is 399. The van der Waals surface area contributed by atoms with Gasteiger partial charge in [0.2, 0.25) is 0 Å². The van der Waals surface area contributed by atoms with Crippen molar-refractivity contribution in [3.63, 3.8) is 0 Å². The molecule has 0 aliphatic heterocycles. The molecule has 0 heterocycles. The standard InChI is InChI=1S/C12H15F2NO3/c13-9-2-3-11(14)10(8-9)12(17)15-4-1-6-18-7-5-16/h2-3,8,16H,1,4-7H2,(H,15,17). The van der Waals surface area contributed by atoms with Gasteiger partial charge in [-0.3, -0.25) is 4.79 Å². The fourth-order valence-corrected chi connectivity index (χ4v) is 1.31. The van der Waals surface area contributed by atoms with Crippen molar-refractivity contribution in [1.82, 2.24) is 5.32 Å². The minimum Gasteiger partial charge on any atom is -0.394 e. The van der Waals surface area contributed by atoms with Gasteiger partial charge in [0.15, 0.2) is 0 Å². The van der Waals surface area contributed by atoms with Crippen LogP contribution in [0.4, 0.5) is 8.78 Å². The highest BCUT2D eigenvalue weighted by atomic mass is 19.1. The molecule has 0 unspecified atom stereocenters. The molecule has 0 atom stereocenters. The molecule has 0 saturated carbocycles. The SMILES string of the molecule is O=C(NCCCOCCO)c1cc(F)ccc1F. The lowest BCUT2D eigenvalue weighted by atomic mass is 10.2. The number of ether oxygens (including phenoxy) is 1. The molecule has 0 spiro atoms. The lowest BCUT2D eigenvalue weighted by molar-refractivity contribution is 0.0866. The van der Waals surface area contributed by atoms with Crippen molar-refractivity contribution in [2.75, 3.05) is 26.4 Å². The summed E-state index contributed by atoms with van der Waals surface area (Å²) in [6.07, 6.45) is 0.530. The van der Waals surface area contributed by atoms with Crippen molar-refractivity contribution in [3.8, 4) is 0 Å². The van der Waals surface area contributed by atoms with Gasteiger partial charge in [-0.05, 0) is 24.6 Å². The predicted octanol–water partition coefficient (Wildman–Crippen LogP) is 1.09. The van der Waals surface area contributed by atoms with Crippen LogP contribution in [0, 0.1) is 11.6 Å². The van der Waals surface area contributed by atoms with E-state index in [4.69, 9.17) is 9.84 Å². The molecule has 100 valence electrons. The molecule has 0 aliphatic carbocycles. The Kier molecular flexibility index (Phi) is 6.24. The predicted molar refractivity (Wildman–Crippen MR) is 61.2 cm³/mol. The van der Waals surface area contributed by atoms with Gasteiger partial charge in [0.1, 0.15) is 11.6 Å². The van der Waals surface area contributed by atoms with Gasteiger partial charge in [-0.15, -0.1) is 0 Å². The molecule has 6 heteroatoms. The monoisotopic (exact) mass is 259 g/mol. The summed E-state index contributed by atoms with van der Waals surface area (Å²) in [4.78, 5) is 11.5. The first-order valence-corrected chi connectivity index (χ1v) is 5.57. The molecule has 2 N–H and O–H groups in total. The van der Waals surface area contributed by atoms with Gasteiger partial charge in [0, 0.05) is 13.2 Å². The van der Waals surface area contributed by atoms with Crippen molar-refractivity contribution in [3.05, 3.63) is 35.4 Å². The van der Waals surface area contributed by atoms with Gasteiger partial charge in [0.05, 0.1) is 18.8 Å². The Morgan fingerprint density at radius 2 is 2.11 bits per heavy atom. The molecular formula is C12H15F2NO3. The lowest BCUT2D eigenvalue weighted by Gasteiger charge is -2.06. The number of aliphatic hydroxyl groups excluding tert-OH is 1. The minimum absolute atomic E-state index is 0.0547. The van der Waals surface area contributed by atoms with E-state index >= 15 is 0 Å². The quantitative estimate of drug-likeness (QED) is 0.721. The third-order valence-electron chi connectivity index (χ3n) is 2.16. The molecule has 0 aliphatic rings. The second kappa shape index (κ2) is 7.73. The van der Waals surface area contributed by atoms with Gasteiger partial charge in [-0.1, -0.05) is 0 Å². The van der Waals surface area contributed by atoms with Crippen LogP contribution in [0.5, 0.6) is 0 Å². The molecular weight excluding hydrogens is 244 g/mol. The number of hydrogen-bond donors (Lipinski definition) is 2. The van der Waals surface area contributed by atoms with E-state index < -0.39 is 17.5 Å². The molecule has 1 aromatic rings. The van der Waals surface area contributed by atoms with Crippen LogP contribution in [0.2, 0.25) is 0 Å². The third-order valence-corrected chi connectivity index (χ3v) is 2.16. The van der Waals surface area contributed by atoms with E-state index in [1.165, 1.54) is 0 Å². The fourth-order valence-electron chi connectivity index (χ4n) is 1.31. The van der Waals surface area contributed by atoms with Crippen molar-refractivity contribution in [1.29, 1.82) is 0 Å². The molecule has 0 radical (unpaired) electrons. The van der Waals surface area contributed by atoms with Gasteiger partial charge in [0.25, 0.3) is 5.91 Å². The van der Waals surface area contributed by atoms with Crippen LogP contribution in [0.3, 0.4) is 0 Å². The number of carbonyl (C=O) groups excluding carboxylic acids is 1. The van der Waals surface area contributed by atoms with E-state index in [0.29, 0.717) is 19.6 Å². The number of rotatable bonds is 7. The van der Waals surface area contributed by atoms with Gasteiger partial charge in [-0.25, -0.2) is 8.78 Å². The first-order valence-electron chi connectivity index (χ1n) is 5.57. The molecule has 0 fully saturated rings. The topological polar surface area (TPSA) is 58.6 Å². The van der Waals surface area contributed by atoms with Crippen molar-refractivity contribution < 1.29 is 23.4 Å². The summed E-state index contributed by atoms with van der Waals surface area (Å²) in [7, 11) is 0. The smallest absolute Gasteiger partial charge is 0.254 e. The van der Waals surface area contributed by atoms with Gasteiger partial charge >= 0.3 is 0 Å². The zero-order valence-electron chi connectivity index (χ0n) is 9.79. The average molecular weight is 259 g/mol. The zero-order chi connectivity index (χ0) is 13.4. The Balaban J connectivity index is 2.34. The van der Waals surface area contributed by atoms with Gasteiger partial charge < -0.3 is 15.2 Å². The molecule has 0 bridgehead atoms. The van der Waals surface area contributed by atoms with E-state index in [1.54, 1.807) is 0 Å². The van der Waals surface area contributed by atoms with E-state index in [1.807, 2.05) is 0 Å². The van der Waals surface area contributed by atoms with Crippen molar-refractivity contribution in [2.45, 2.75) is 6.42 Å². The van der Waals surface area contributed by atoms with Gasteiger partial charge in [-0.2, -0.15) is 0 Å². The maximum absolute atomic E-state index is 13.2. The van der Waals surface area contributed by atoms with Crippen LogP contribution >= 0.6 is 0 Å². The highest BCUT2D eigenvalue weighted by Crippen LogP contribution is 2.09. The van der Waals surface area contributed by atoms with Crippen LogP contribution in [0.15, 0.2) is 18.2 Å². The fraction of sp³-hybridized carbons (Fsp3) is 0.417. The summed E-state index contributed by atoms with van der Waals surface area (Å²) in [5, 5.41) is 10.9. The third kappa shape index (κ3) is 4.77. The van der Waals surface area contributed by atoms with Crippen LogP contribution < -0.4 is 5.32 Å². The second-order valence-electron chi connectivity index (χ2n) is 3.57. The highest BCUT2D eigenvalue weighted by Gasteiger charge is 2.11. The normalized spacial score (nSPS) is 10.4. The van der Waals surface area contributed by atoms with Crippen LogP contribution in [-0.2, 0) is 4.74 Å². The van der Waals surface area contributed by atoms with E-state index in [-0.39, 0.29) is 18.8 Å². The van der Waals surface area contributed by atoms with E-state index in [0.717, 1.165) is 18.2 Å². The zero-order valence-corrected chi connectivity index (χ0v) is 9.79. The Hall–Kier alpha value is -1.53. The Morgan fingerprint density at radius 1 is 1.33 bits per heavy atom. The van der Waals surface area contributed by atoms with Crippen molar-refractivity contribution in [2.24, 2.45) is 0 Å². The molecule has 18 heavy (non-hydrogen) atoms. The summed E-state index contributed by atoms with van der Waals surface area (Å²) in [6.45, 7) is 0.861. The Labute approximate surface area is 104 Å². The first kappa shape index (κ1) is 14.5. The summed E-state index contributed by atoms with van der Waals surface area (Å²) < 4.78 is 31.0. The molecule has 1 aromatic carbocycles. The summed E-state index contributed by atoms with van der Waals surface area (Å²) in [5.74, 6) is -2.08. The maximum Gasteiger partial charge on any atom is 0.254 e. The molecule has 4 nitrogen and oxygen atoms in total. The summed E-state index contributed by atoms with van der Waals surface area (Å²) >= 11 is 0. The van der Waals surface area contributed by atoms with Crippen LogP contribution in [0.25, 0.3) is 0 Å². The summed E-state index contributed by atoms with van der Waals surface area (Å²) in [5.41, 5.74) is -0.314. The largest absolute Gasteiger partial charge is 0.394 e. The van der Waals surface area contributed by atoms with Crippen LogP contribution in [-0.4, -0.2) is 37.4 Å². The first-order chi connectivity index (χ1) is 8.65. The number of aliphatic hydroxyl groups is 1. The second-order valence-corrected chi connectivity index (χ2v) is 3.57. The molecule has 1 amide bonds. The number of carbonyl (C=O) groups is 1. The lowest BCUT2D eigenvalue weighted by Crippen LogP contribution is -2.26. The van der Waals surface area contributed by atoms with E-state index in [9.17, 15) is 13.6 Å². The van der Waals surface area contributed by atoms with Crippen LogP contribution in [0.1, 0.15) is 16.8 Å². The Morgan fingerprint density at radius 3 is 2.83 bits per heavy atom. The van der Waals surface area contributed by atoms with E-state index in [2.05, 4.69) is 5.32 Å². The number of nitrogens with one attached hydrogen (secondary N) is 1. The molecule has 0 aromatic heterocycles. The highest BCUT2D eigenvalue weighted by molar-refractivity contribution is 5.94. The number of hydrogen-bond acceptors (Lipinski definition) is 3. The minimum atomic E-state index is -0.759. The maximum atomic E-state index is 13.2. The molecule has 0 saturated heterocycles. The molecule has 1 rings (SSSR count).